The first-order chi connectivity index (χ1) is 14.1. The number of fused-ring (bicyclic) bond motifs is 1. The third kappa shape index (κ3) is 4.76. The molecule has 2 aromatic carbocycles. The topological polar surface area (TPSA) is 78.5 Å². The molecule has 158 valence electrons. The summed E-state index contributed by atoms with van der Waals surface area (Å²) in [5.74, 6) is -0.861. The summed E-state index contributed by atoms with van der Waals surface area (Å²) in [6.45, 7) is 0.0941. The Morgan fingerprint density at radius 1 is 1.07 bits per heavy atom. The lowest BCUT2D eigenvalue weighted by Crippen LogP contribution is -2.35. The molecule has 2 aromatic rings. The Morgan fingerprint density at radius 2 is 1.77 bits per heavy atom. The van der Waals surface area contributed by atoms with Crippen molar-refractivity contribution < 1.29 is 27.6 Å². The van der Waals surface area contributed by atoms with Gasteiger partial charge in [-0.15, -0.1) is 0 Å². The van der Waals surface area contributed by atoms with Crippen LogP contribution in [-0.2, 0) is 6.18 Å². The highest BCUT2D eigenvalue weighted by Crippen LogP contribution is 2.36. The van der Waals surface area contributed by atoms with Crippen LogP contribution in [0.3, 0.4) is 0 Å². The average Bonchev–Trinajstić information content (AvgIpc) is 2.89. The van der Waals surface area contributed by atoms with E-state index in [1.165, 1.54) is 6.07 Å². The zero-order valence-corrected chi connectivity index (χ0v) is 17.5. The molecule has 0 bridgehead atoms. The fraction of sp³-hybridized carbons (Fsp3) is 0.211. The molecule has 0 spiro atoms. The molecule has 1 aliphatic rings. The number of rotatable bonds is 5. The van der Waals surface area contributed by atoms with Crippen LogP contribution in [0.2, 0.25) is 5.02 Å². The number of hydrogen-bond acceptors (Lipinski definition) is 3. The number of carbonyl (C=O) groups is 3. The van der Waals surface area contributed by atoms with Crippen LogP contribution in [0.4, 0.5) is 23.7 Å². The number of nitrogens with zero attached hydrogens (tertiary/aromatic N) is 1. The summed E-state index contributed by atoms with van der Waals surface area (Å²) in [6.07, 6.45) is -4.46. The van der Waals surface area contributed by atoms with Gasteiger partial charge in [0.15, 0.2) is 0 Å². The van der Waals surface area contributed by atoms with E-state index in [4.69, 9.17) is 11.6 Å². The molecule has 6 nitrogen and oxygen atoms in total. The van der Waals surface area contributed by atoms with Crippen molar-refractivity contribution in [3.8, 4) is 0 Å². The molecular formula is C19H14BrClF3N3O3. The first kappa shape index (κ1) is 22.1. The molecule has 0 aliphatic carbocycles. The molecule has 0 radical (unpaired) electrons. The summed E-state index contributed by atoms with van der Waals surface area (Å²) in [7, 11) is 0. The summed E-state index contributed by atoms with van der Waals surface area (Å²) < 4.78 is 39.9. The van der Waals surface area contributed by atoms with Crippen molar-refractivity contribution in [3.05, 3.63) is 62.6 Å². The number of hydrogen-bond donors (Lipinski definition) is 2. The van der Waals surface area contributed by atoms with Crippen LogP contribution in [0.1, 0.15) is 32.7 Å². The van der Waals surface area contributed by atoms with E-state index in [2.05, 4.69) is 26.6 Å². The summed E-state index contributed by atoms with van der Waals surface area (Å²) in [4.78, 5) is 37.7. The second kappa shape index (κ2) is 8.65. The van der Waals surface area contributed by atoms with Crippen LogP contribution < -0.4 is 10.6 Å². The number of anilines is 1. The Bertz CT molecular complexity index is 1030. The number of benzene rings is 2. The van der Waals surface area contributed by atoms with Gasteiger partial charge in [0.25, 0.3) is 11.8 Å². The van der Waals surface area contributed by atoms with Crippen molar-refractivity contribution in [2.45, 2.75) is 12.6 Å². The largest absolute Gasteiger partial charge is 0.418 e. The number of nitrogens with one attached hydrogen (secondary N) is 2. The highest BCUT2D eigenvalue weighted by molar-refractivity contribution is 9.10. The van der Waals surface area contributed by atoms with E-state index in [0.717, 1.165) is 17.0 Å². The van der Waals surface area contributed by atoms with Crippen molar-refractivity contribution in [2.24, 2.45) is 0 Å². The maximum Gasteiger partial charge on any atom is 0.418 e. The molecule has 1 heterocycles. The highest BCUT2D eigenvalue weighted by Gasteiger charge is 2.35. The number of urea groups is 1. The Balaban J connectivity index is 1.53. The first-order valence-corrected chi connectivity index (χ1v) is 9.82. The van der Waals surface area contributed by atoms with E-state index in [-0.39, 0.29) is 24.5 Å². The van der Waals surface area contributed by atoms with Gasteiger partial charge in [0.05, 0.1) is 22.4 Å². The zero-order valence-electron chi connectivity index (χ0n) is 15.1. The quantitative estimate of drug-likeness (QED) is 0.448. The molecule has 0 unspecified atom stereocenters. The molecule has 0 fully saturated rings. The number of halogens is 5. The van der Waals surface area contributed by atoms with Crippen molar-refractivity contribution >= 4 is 51.1 Å². The van der Waals surface area contributed by atoms with Gasteiger partial charge in [0.2, 0.25) is 0 Å². The maximum atomic E-state index is 13.1. The predicted molar refractivity (Wildman–Crippen MR) is 108 cm³/mol. The molecule has 4 amide bonds. The second-order valence-electron chi connectivity index (χ2n) is 6.37. The summed E-state index contributed by atoms with van der Waals surface area (Å²) in [5, 5.41) is 4.42. The molecule has 30 heavy (non-hydrogen) atoms. The molecule has 3 rings (SSSR count). The van der Waals surface area contributed by atoms with Crippen molar-refractivity contribution in [1.82, 2.24) is 10.2 Å². The molecule has 2 N–H and O–H groups in total. The van der Waals surface area contributed by atoms with Gasteiger partial charge < -0.3 is 10.6 Å². The number of amides is 4. The molecule has 0 saturated heterocycles. The van der Waals surface area contributed by atoms with Crippen LogP contribution in [0.15, 0.2) is 40.9 Å². The number of alkyl halides is 3. The van der Waals surface area contributed by atoms with Gasteiger partial charge in [-0.3, -0.25) is 14.5 Å². The average molecular weight is 505 g/mol. The van der Waals surface area contributed by atoms with Crippen LogP contribution in [0.5, 0.6) is 0 Å². The Hall–Kier alpha value is -2.59. The number of imide groups is 1. The minimum absolute atomic E-state index is 0.0396. The summed E-state index contributed by atoms with van der Waals surface area (Å²) in [6, 6.07) is 6.92. The third-order valence-corrected chi connectivity index (χ3v) is 5.04. The van der Waals surface area contributed by atoms with Crippen LogP contribution in [-0.4, -0.2) is 35.8 Å². The summed E-state index contributed by atoms with van der Waals surface area (Å²) >= 11 is 8.85. The van der Waals surface area contributed by atoms with E-state index in [0.29, 0.717) is 15.6 Å². The van der Waals surface area contributed by atoms with E-state index in [1.807, 2.05) is 0 Å². The fourth-order valence-corrected chi connectivity index (χ4v) is 3.46. The van der Waals surface area contributed by atoms with Gasteiger partial charge in [-0.05, 0) is 42.8 Å². The van der Waals surface area contributed by atoms with Gasteiger partial charge in [0, 0.05) is 22.6 Å². The Kier molecular flexibility index (Phi) is 6.37. The van der Waals surface area contributed by atoms with Crippen LogP contribution in [0, 0.1) is 0 Å². The normalized spacial score (nSPS) is 13.4. The van der Waals surface area contributed by atoms with Gasteiger partial charge in [0.1, 0.15) is 0 Å². The van der Waals surface area contributed by atoms with Gasteiger partial charge in [-0.1, -0.05) is 27.5 Å². The zero-order chi connectivity index (χ0) is 22.1. The van der Waals surface area contributed by atoms with Gasteiger partial charge in [-0.25, -0.2) is 4.79 Å². The SMILES string of the molecule is O=C(NCCCN1C(=O)c2ccc(Br)cc2C1=O)Nc1ccc(Cl)cc1C(F)(F)F. The fourth-order valence-electron chi connectivity index (χ4n) is 2.93. The summed E-state index contributed by atoms with van der Waals surface area (Å²) in [5.41, 5.74) is -0.906. The minimum atomic E-state index is -4.69. The molecular weight excluding hydrogens is 491 g/mol. The van der Waals surface area contributed by atoms with Crippen LogP contribution >= 0.6 is 27.5 Å². The van der Waals surface area contributed by atoms with Gasteiger partial charge in [-0.2, -0.15) is 13.2 Å². The first-order valence-electron chi connectivity index (χ1n) is 8.65. The Labute approximate surface area is 182 Å². The molecule has 1 aliphatic heterocycles. The lowest BCUT2D eigenvalue weighted by Gasteiger charge is -2.16. The monoisotopic (exact) mass is 503 g/mol. The third-order valence-electron chi connectivity index (χ3n) is 4.31. The number of carbonyl (C=O) groups excluding carboxylic acids is 3. The molecule has 11 heteroatoms. The second-order valence-corrected chi connectivity index (χ2v) is 7.73. The Morgan fingerprint density at radius 3 is 2.47 bits per heavy atom. The molecule has 0 atom stereocenters. The molecule has 0 aromatic heterocycles. The standard InChI is InChI=1S/C19H14BrClF3N3O3/c20-10-2-4-12-13(8-10)17(29)27(16(12)28)7-1-6-25-18(30)26-15-5-3-11(21)9-14(15)19(22,23)24/h2-5,8-9H,1,6-7H2,(H2,25,26,30). The predicted octanol–water partition coefficient (Wildman–Crippen LogP) is 4.93. The van der Waals surface area contributed by atoms with E-state index < -0.39 is 35.3 Å². The van der Waals surface area contributed by atoms with Gasteiger partial charge >= 0.3 is 12.2 Å². The van der Waals surface area contributed by atoms with Crippen molar-refractivity contribution in [2.75, 3.05) is 18.4 Å². The maximum absolute atomic E-state index is 13.1. The van der Waals surface area contributed by atoms with E-state index in [1.54, 1.807) is 18.2 Å². The van der Waals surface area contributed by atoms with Crippen molar-refractivity contribution in [1.29, 1.82) is 0 Å². The molecule has 0 saturated carbocycles. The minimum Gasteiger partial charge on any atom is -0.338 e. The van der Waals surface area contributed by atoms with E-state index in [9.17, 15) is 27.6 Å². The van der Waals surface area contributed by atoms with Crippen LogP contribution in [0.25, 0.3) is 0 Å². The lowest BCUT2D eigenvalue weighted by molar-refractivity contribution is -0.136. The highest BCUT2D eigenvalue weighted by atomic mass is 79.9. The van der Waals surface area contributed by atoms with E-state index >= 15 is 0 Å². The van der Waals surface area contributed by atoms with Crippen molar-refractivity contribution in [3.63, 3.8) is 0 Å². The lowest BCUT2D eigenvalue weighted by atomic mass is 10.1. The smallest absolute Gasteiger partial charge is 0.338 e.